The molecule has 1 aromatic carbocycles. The van der Waals surface area contributed by atoms with Crippen LogP contribution in [0.2, 0.25) is 0 Å². The Morgan fingerprint density at radius 3 is 2.51 bits per heavy atom. The number of fused-ring (bicyclic) bond motifs is 3. The number of furan rings is 1. The maximum absolute atomic E-state index is 15.8. The van der Waals surface area contributed by atoms with Gasteiger partial charge in [0, 0.05) is 38.1 Å². The Morgan fingerprint density at radius 2 is 1.87 bits per heavy atom. The molecule has 0 aliphatic carbocycles. The maximum atomic E-state index is 15.8. The highest BCUT2D eigenvalue weighted by molar-refractivity contribution is 5.97. The van der Waals surface area contributed by atoms with E-state index in [-0.39, 0.29) is 17.7 Å². The molecule has 2 amide bonds. The average molecular weight is 539 g/mol. The van der Waals surface area contributed by atoms with E-state index in [0.29, 0.717) is 30.1 Å². The van der Waals surface area contributed by atoms with Crippen LogP contribution in [0.5, 0.6) is 0 Å². The van der Waals surface area contributed by atoms with Crippen molar-refractivity contribution in [1.29, 1.82) is 0 Å². The predicted molar refractivity (Wildman–Crippen MR) is 144 cm³/mol. The van der Waals surface area contributed by atoms with Crippen LogP contribution in [-0.2, 0) is 4.74 Å². The van der Waals surface area contributed by atoms with Gasteiger partial charge in [-0.3, -0.25) is 9.69 Å². The number of hydrogen-bond acceptors (Lipinski definition) is 8. The summed E-state index contributed by atoms with van der Waals surface area (Å²) in [5, 5.41) is 9.52. The summed E-state index contributed by atoms with van der Waals surface area (Å²) in [5.41, 5.74) is 2.18. The lowest BCUT2D eigenvalue weighted by atomic mass is 9.94. The van der Waals surface area contributed by atoms with Gasteiger partial charge in [-0.25, -0.2) is 14.2 Å². The van der Waals surface area contributed by atoms with Crippen molar-refractivity contribution in [2.75, 3.05) is 26.0 Å². The second-order valence-electron chi connectivity index (χ2n) is 11.7. The molecule has 5 rings (SSSR count). The largest absolute Gasteiger partial charge is 0.451 e. The SMILES string of the molecule is Cc1cc2cc(C(=O)N(C)C)oc2cc1-c1cnc(N(C)[C@H]2C[C@@H]3CC[C@H]([C@H]2F)N3C(=O)OC(C)(C)C)nn1. The number of hydrogen-bond donors (Lipinski definition) is 0. The number of aromatic nitrogens is 3. The number of nitrogens with zero attached hydrogens (tertiary/aromatic N) is 6. The molecule has 2 aliphatic heterocycles. The van der Waals surface area contributed by atoms with Crippen LogP contribution in [0.15, 0.2) is 28.8 Å². The maximum Gasteiger partial charge on any atom is 0.410 e. The van der Waals surface area contributed by atoms with Crippen molar-refractivity contribution < 1.29 is 23.1 Å². The van der Waals surface area contributed by atoms with E-state index in [4.69, 9.17) is 9.15 Å². The third-order valence-corrected chi connectivity index (χ3v) is 7.52. The van der Waals surface area contributed by atoms with E-state index in [9.17, 15) is 9.59 Å². The smallest absolute Gasteiger partial charge is 0.410 e. The van der Waals surface area contributed by atoms with Gasteiger partial charge in [-0.1, -0.05) is 0 Å². The number of aryl methyl sites for hydroxylation is 1. The molecule has 2 saturated heterocycles. The molecule has 0 N–H and O–H groups in total. The fourth-order valence-corrected chi connectivity index (χ4v) is 5.60. The zero-order valence-corrected chi connectivity index (χ0v) is 23.4. The Labute approximate surface area is 227 Å². The van der Waals surface area contributed by atoms with Crippen molar-refractivity contribution in [2.45, 2.75) is 76.9 Å². The van der Waals surface area contributed by atoms with Gasteiger partial charge in [0.1, 0.15) is 23.0 Å². The lowest BCUT2D eigenvalue weighted by Crippen LogP contribution is -2.59. The molecule has 2 aromatic heterocycles. The molecule has 39 heavy (non-hydrogen) atoms. The molecule has 0 spiro atoms. The van der Waals surface area contributed by atoms with E-state index in [1.54, 1.807) is 43.2 Å². The third kappa shape index (κ3) is 5.02. The first-order chi connectivity index (χ1) is 18.3. The first-order valence-corrected chi connectivity index (χ1v) is 13.2. The van der Waals surface area contributed by atoms with E-state index >= 15 is 4.39 Å². The van der Waals surface area contributed by atoms with Gasteiger partial charge in [-0.05, 0) is 70.7 Å². The number of halogens is 1. The van der Waals surface area contributed by atoms with Crippen LogP contribution in [0.1, 0.15) is 56.2 Å². The van der Waals surface area contributed by atoms with Gasteiger partial charge in [0.05, 0.1) is 18.3 Å². The van der Waals surface area contributed by atoms with Crippen LogP contribution in [0.3, 0.4) is 0 Å². The quantitative estimate of drug-likeness (QED) is 0.474. The zero-order chi connectivity index (χ0) is 28.2. The topological polar surface area (TPSA) is 105 Å². The minimum atomic E-state index is -1.27. The van der Waals surface area contributed by atoms with Crippen molar-refractivity contribution in [1.82, 2.24) is 25.0 Å². The first kappa shape index (κ1) is 26.8. The fourth-order valence-electron chi connectivity index (χ4n) is 5.60. The van der Waals surface area contributed by atoms with E-state index in [2.05, 4.69) is 15.2 Å². The van der Waals surface area contributed by atoms with Crippen molar-refractivity contribution in [2.24, 2.45) is 0 Å². The molecule has 11 heteroatoms. The van der Waals surface area contributed by atoms with Gasteiger partial charge >= 0.3 is 6.09 Å². The Bertz CT molecular complexity index is 1400. The van der Waals surface area contributed by atoms with Crippen LogP contribution in [0.4, 0.5) is 15.1 Å². The molecule has 0 saturated carbocycles. The number of anilines is 1. The molecular weight excluding hydrogens is 503 g/mol. The number of amides is 2. The molecule has 208 valence electrons. The van der Waals surface area contributed by atoms with Gasteiger partial charge in [-0.2, -0.15) is 0 Å². The van der Waals surface area contributed by atoms with Crippen LogP contribution >= 0.6 is 0 Å². The van der Waals surface area contributed by atoms with Gasteiger partial charge in [0.2, 0.25) is 5.95 Å². The number of ether oxygens (including phenoxy) is 1. The zero-order valence-electron chi connectivity index (χ0n) is 23.4. The molecule has 3 aromatic rings. The molecule has 4 heterocycles. The summed E-state index contributed by atoms with van der Waals surface area (Å²) in [5.74, 6) is 0.364. The van der Waals surface area contributed by atoms with E-state index < -0.39 is 29.9 Å². The predicted octanol–water partition coefficient (Wildman–Crippen LogP) is 4.61. The van der Waals surface area contributed by atoms with Gasteiger partial charge in [0.25, 0.3) is 5.91 Å². The highest BCUT2D eigenvalue weighted by Crippen LogP contribution is 2.40. The number of alkyl halides is 1. The Morgan fingerprint density at radius 1 is 1.13 bits per heavy atom. The number of carbonyl (C=O) groups is 2. The number of piperidine rings is 1. The van der Waals surface area contributed by atoms with Crippen molar-refractivity contribution in [3.63, 3.8) is 0 Å². The number of rotatable bonds is 4. The van der Waals surface area contributed by atoms with Crippen molar-refractivity contribution in [3.05, 3.63) is 35.7 Å². The summed E-state index contributed by atoms with van der Waals surface area (Å²) in [6.45, 7) is 7.38. The fraction of sp³-hybridized carbons (Fsp3) is 0.536. The summed E-state index contributed by atoms with van der Waals surface area (Å²) in [6, 6.07) is 4.37. The highest BCUT2D eigenvalue weighted by atomic mass is 19.1. The summed E-state index contributed by atoms with van der Waals surface area (Å²) >= 11 is 0. The standard InChI is InChI=1S/C28H35FN6O4/c1-15-10-16-11-23(25(36)33(5)6)38-22(16)13-18(15)19-14-30-26(32-31-19)34(7)21-12-17-8-9-20(24(21)29)35(17)27(37)39-28(2,3)4/h10-11,13-14,17,20-21,24H,8-9,12H2,1-7H3/t17-,20+,21-,24+/m0/s1. The van der Waals surface area contributed by atoms with Crippen molar-refractivity contribution in [3.8, 4) is 11.3 Å². The van der Waals surface area contributed by atoms with E-state index in [1.165, 1.54) is 4.90 Å². The van der Waals surface area contributed by atoms with Crippen molar-refractivity contribution >= 4 is 28.9 Å². The third-order valence-electron chi connectivity index (χ3n) is 7.52. The molecule has 0 unspecified atom stereocenters. The Balaban J connectivity index is 1.34. The molecule has 10 nitrogen and oxygen atoms in total. The lowest BCUT2D eigenvalue weighted by Gasteiger charge is -2.44. The highest BCUT2D eigenvalue weighted by Gasteiger charge is 2.52. The Hall–Kier alpha value is -3.76. The van der Waals surface area contributed by atoms with Crippen LogP contribution < -0.4 is 4.90 Å². The van der Waals surface area contributed by atoms with Crippen LogP contribution in [-0.4, -0.2) is 88.0 Å². The minimum Gasteiger partial charge on any atom is -0.451 e. The molecule has 2 fully saturated rings. The molecule has 2 bridgehead atoms. The minimum absolute atomic E-state index is 0.0940. The van der Waals surface area contributed by atoms with Gasteiger partial charge in [-0.15, -0.1) is 10.2 Å². The summed E-state index contributed by atoms with van der Waals surface area (Å²) in [4.78, 5) is 34.4. The monoisotopic (exact) mass is 538 g/mol. The second kappa shape index (κ2) is 9.77. The van der Waals surface area contributed by atoms with E-state index in [0.717, 1.165) is 22.9 Å². The first-order valence-electron chi connectivity index (χ1n) is 13.2. The molecule has 4 atom stereocenters. The van der Waals surface area contributed by atoms with E-state index in [1.807, 2.05) is 39.8 Å². The summed E-state index contributed by atoms with van der Waals surface area (Å²) < 4.78 is 27.1. The average Bonchev–Trinajstić information content (AvgIpc) is 3.44. The lowest BCUT2D eigenvalue weighted by molar-refractivity contribution is -0.0104. The second-order valence-corrected chi connectivity index (χ2v) is 11.7. The van der Waals surface area contributed by atoms with Gasteiger partial charge in [0.15, 0.2) is 5.76 Å². The normalized spacial score (nSPS) is 22.7. The summed E-state index contributed by atoms with van der Waals surface area (Å²) in [6.07, 6.45) is 1.68. The molecular formula is C28H35FN6O4. The Kier molecular flexibility index (Phi) is 6.72. The summed E-state index contributed by atoms with van der Waals surface area (Å²) in [7, 11) is 5.11. The molecule has 0 radical (unpaired) electrons. The van der Waals surface area contributed by atoms with Gasteiger partial charge < -0.3 is 19.0 Å². The van der Waals surface area contributed by atoms with Crippen LogP contribution in [0, 0.1) is 6.92 Å². The number of benzene rings is 1. The van der Waals surface area contributed by atoms with Crippen LogP contribution in [0.25, 0.3) is 22.2 Å². The number of carbonyl (C=O) groups excluding carboxylic acids is 2. The molecule has 2 aliphatic rings.